The summed E-state index contributed by atoms with van der Waals surface area (Å²) in [5.74, 6) is -2.87. The summed E-state index contributed by atoms with van der Waals surface area (Å²) in [6.45, 7) is -2.92. The van der Waals surface area contributed by atoms with Crippen molar-refractivity contribution in [2.45, 2.75) is 10.4 Å². The standard InChI is InChI=1S/C10H14F2N2O5S/c11-7-1-6(13)2-8(12)9(7)20(18,19)14-10(3-15,4-16)5-17/h1-2,14-17H,3-5,13H2. The van der Waals surface area contributed by atoms with Crippen molar-refractivity contribution in [2.24, 2.45) is 0 Å². The van der Waals surface area contributed by atoms with E-state index in [1.807, 2.05) is 0 Å². The smallest absolute Gasteiger partial charge is 0.247 e. The zero-order chi connectivity index (χ0) is 15.6. The van der Waals surface area contributed by atoms with Crippen LogP contribution in [-0.4, -0.2) is 49.1 Å². The molecule has 20 heavy (non-hydrogen) atoms. The monoisotopic (exact) mass is 312 g/mol. The number of hydrogen-bond acceptors (Lipinski definition) is 6. The molecule has 1 aromatic rings. The fourth-order valence-corrected chi connectivity index (χ4v) is 2.92. The van der Waals surface area contributed by atoms with Crippen LogP contribution in [0.5, 0.6) is 0 Å². The van der Waals surface area contributed by atoms with Gasteiger partial charge in [-0.05, 0) is 12.1 Å². The minimum atomic E-state index is -4.77. The maximum absolute atomic E-state index is 13.6. The molecule has 0 atom stereocenters. The van der Waals surface area contributed by atoms with Gasteiger partial charge in [0.2, 0.25) is 10.0 Å². The van der Waals surface area contributed by atoms with Crippen molar-refractivity contribution < 1.29 is 32.5 Å². The number of benzene rings is 1. The van der Waals surface area contributed by atoms with Gasteiger partial charge >= 0.3 is 0 Å². The predicted molar refractivity (Wildman–Crippen MR) is 65.1 cm³/mol. The van der Waals surface area contributed by atoms with E-state index in [2.05, 4.69) is 0 Å². The van der Waals surface area contributed by atoms with Crippen molar-refractivity contribution in [3.63, 3.8) is 0 Å². The number of sulfonamides is 1. The molecule has 0 aliphatic carbocycles. The van der Waals surface area contributed by atoms with Crippen LogP contribution in [0.1, 0.15) is 0 Å². The van der Waals surface area contributed by atoms with Gasteiger partial charge in [0.1, 0.15) is 17.2 Å². The number of halogens is 2. The third-order valence-corrected chi connectivity index (χ3v) is 4.18. The summed E-state index contributed by atoms with van der Waals surface area (Å²) < 4.78 is 52.6. The summed E-state index contributed by atoms with van der Waals surface area (Å²) in [7, 11) is -4.77. The first-order valence-electron chi connectivity index (χ1n) is 5.32. The predicted octanol–water partition coefficient (Wildman–Crippen LogP) is -1.46. The topological polar surface area (TPSA) is 133 Å². The maximum atomic E-state index is 13.6. The van der Waals surface area contributed by atoms with Gasteiger partial charge in [-0.1, -0.05) is 0 Å². The first-order chi connectivity index (χ1) is 9.21. The third-order valence-electron chi connectivity index (χ3n) is 2.55. The lowest BCUT2D eigenvalue weighted by atomic mass is 10.1. The van der Waals surface area contributed by atoms with Crippen molar-refractivity contribution in [3.05, 3.63) is 23.8 Å². The summed E-state index contributed by atoms with van der Waals surface area (Å²) in [4.78, 5) is -1.31. The first kappa shape index (κ1) is 16.7. The van der Waals surface area contributed by atoms with Crippen LogP contribution < -0.4 is 10.5 Å². The molecule has 0 heterocycles. The minimum absolute atomic E-state index is 0.309. The zero-order valence-corrected chi connectivity index (χ0v) is 11.0. The number of aliphatic hydroxyl groups is 3. The Balaban J connectivity index is 3.32. The quantitative estimate of drug-likeness (QED) is 0.408. The van der Waals surface area contributed by atoms with Gasteiger partial charge in [0.15, 0.2) is 4.90 Å². The lowest BCUT2D eigenvalue weighted by Crippen LogP contribution is -2.57. The number of nitrogen functional groups attached to an aromatic ring is 1. The summed E-state index contributed by atoms with van der Waals surface area (Å²) >= 11 is 0. The largest absolute Gasteiger partial charge is 0.399 e. The van der Waals surface area contributed by atoms with Crippen LogP contribution in [-0.2, 0) is 10.0 Å². The highest BCUT2D eigenvalue weighted by molar-refractivity contribution is 7.89. The molecule has 0 saturated carbocycles. The zero-order valence-electron chi connectivity index (χ0n) is 10.2. The molecule has 0 fully saturated rings. The molecule has 0 bridgehead atoms. The minimum Gasteiger partial charge on any atom is -0.399 e. The molecule has 0 unspecified atom stereocenters. The number of nitrogens with two attached hydrogens (primary N) is 1. The highest BCUT2D eigenvalue weighted by atomic mass is 32.2. The Kier molecular flexibility index (Phi) is 5.00. The second-order valence-electron chi connectivity index (χ2n) is 4.17. The number of anilines is 1. The van der Waals surface area contributed by atoms with Crippen molar-refractivity contribution >= 4 is 15.7 Å². The molecular formula is C10H14F2N2O5S. The second kappa shape index (κ2) is 5.97. The van der Waals surface area contributed by atoms with E-state index < -0.39 is 51.9 Å². The molecule has 1 rings (SSSR count). The van der Waals surface area contributed by atoms with E-state index in [4.69, 9.17) is 21.1 Å². The summed E-state index contributed by atoms with van der Waals surface area (Å²) in [6.07, 6.45) is 0. The van der Waals surface area contributed by atoms with Crippen LogP contribution in [0.2, 0.25) is 0 Å². The summed E-state index contributed by atoms with van der Waals surface area (Å²) in [5.41, 5.74) is 2.81. The van der Waals surface area contributed by atoms with Crippen LogP contribution in [0.15, 0.2) is 17.0 Å². The van der Waals surface area contributed by atoms with Crippen molar-refractivity contribution in [3.8, 4) is 0 Å². The van der Waals surface area contributed by atoms with E-state index in [1.54, 1.807) is 4.72 Å². The van der Waals surface area contributed by atoms with Crippen LogP contribution >= 0.6 is 0 Å². The van der Waals surface area contributed by atoms with Gasteiger partial charge in [-0.2, -0.15) is 4.72 Å². The molecule has 0 radical (unpaired) electrons. The molecular weight excluding hydrogens is 298 g/mol. The Morgan fingerprint density at radius 1 is 1.10 bits per heavy atom. The van der Waals surface area contributed by atoms with Gasteiger partial charge in [0.25, 0.3) is 0 Å². The van der Waals surface area contributed by atoms with Crippen LogP contribution in [0.3, 0.4) is 0 Å². The van der Waals surface area contributed by atoms with E-state index in [9.17, 15) is 17.2 Å². The molecule has 0 amide bonds. The number of hydrogen-bond donors (Lipinski definition) is 5. The van der Waals surface area contributed by atoms with Gasteiger partial charge in [-0.15, -0.1) is 0 Å². The highest BCUT2D eigenvalue weighted by Crippen LogP contribution is 2.23. The van der Waals surface area contributed by atoms with E-state index in [0.717, 1.165) is 0 Å². The van der Waals surface area contributed by atoms with Crippen molar-refractivity contribution in [1.82, 2.24) is 4.72 Å². The Labute approximate surface area is 113 Å². The molecule has 10 heteroatoms. The van der Waals surface area contributed by atoms with Crippen molar-refractivity contribution in [2.75, 3.05) is 25.6 Å². The van der Waals surface area contributed by atoms with Gasteiger partial charge in [-0.25, -0.2) is 17.2 Å². The maximum Gasteiger partial charge on any atom is 0.247 e. The number of rotatable bonds is 6. The van der Waals surface area contributed by atoms with Crippen molar-refractivity contribution in [1.29, 1.82) is 0 Å². The Hall–Kier alpha value is -1.33. The molecule has 1 aromatic carbocycles. The molecule has 0 spiro atoms. The first-order valence-corrected chi connectivity index (χ1v) is 6.81. The molecule has 6 N–H and O–H groups in total. The van der Waals surface area contributed by atoms with Gasteiger partial charge in [-0.3, -0.25) is 0 Å². The fourth-order valence-electron chi connectivity index (χ4n) is 1.42. The SMILES string of the molecule is Nc1cc(F)c(S(=O)(=O)NC(CO)(CO)CO)c(F)c1. The Morgan fingerprint density at radius 3 is 1.85 bits per heavy atom. The molecule has 0 aliphatic heterocycles. The lowest BCUT2D eigenvalue weighted by molar-refractivity contribution is 0.0581. The summed E-state index contributed by atoms with van der Waals surface area (Å²) in [5, 5.41) is 27.0. The molecule has 7 nitrogen and oxygen atoms in total. The van der Waals surface area contributed by atoms with Crippen LogP contribution in [0.25, 0.3) is 0 Å². The van der Waals surface area contributed by atoms with Gasteiger partial charge in [0, 0.05) is 5.69 Å². The average Bonchev–Trinajstić information content (AvgIpc) is 2.34. The molecule has 0 saturated heterocycles. The average molecular weight is 312 g/mol. The number of aliphatic hydroxyl groups excluding tert-OH is 3. The fraction of sp³-hybridized carbons (Fsp3) is 0.400. The van der Waals surface area contributed by atoms with E-state index >= 15 is 0 Å². The van der Waals surface area contributed by atoms with E-state index in [1.165, 1.54) is 0 Å². The normalized spacial score (nSPS) is 12.7. The second-order valence-corrected chi connectivity index (χ2v) is 5.79. The molecule has 0 aliphatic rings. The van der Waals surface area contributed by atoms with Crippen LogP contribution in [0, 0.1) is 11.6 Å². The number of nitrogens with one attached hydrogen (secondary N) is 1. The third kappa shape index (κ3) is 3.22. The lowest BCUT2D eigenvalue weighted by Gasteiger charge is -2.28. The van der Waals surface area contributed by atoms with Gasteiger partial charge < -0.3 is 21.1 Å². The molecule has 114 valence electrons. The van der Waals surface area contributed by atoms with E-state index in [-0.39, 0.29) is 5.69 Å². The summed E-state index contributed by atoms with van der Waals surface area (Å²) in [6, 6.07) is 1.21. The molecule has 0 aromatic heterocycles. The Morgan fingerprint density at radius 2 is 1.50 bits per heavy atom. The highest BCUT2D eigenvalue weighted by Gasteiger charge is 2.36. The van der Waals surface area contributed by atoms with Gasteiger partial charge in [0.05, 0.1) is 19.8 Å². The van der Waals surface area contributed by atoms with E-state index in [0.29, 0.717) is 12.1 Å². The Bertz CT molecular complexity index is 558. The van der Waals surface area contributed by atoms with Crippen LogP contribution in [0.4, 0.5) is 14.5 Å².